The third kappa shape index (κ3) is 1.47. The van der Waals surface area contributed by atoms with Gasteiger partial charge >= 0.3 is 0 Å². The number of carbonyl (C=O) groups excluding carboxylic acids is 2. The highest BCUT2D eigenvalue weighted by Gasteiger charge is 2.13. The normalized spacial score (nSPS) is 10.6. The van der Waals surface area contributed by atoms with E-state index in [0.717, 1.165) is 0 Å². The van der Waals surface area contributed by atoms with E-state index >= 15 is 0 Å². The quantitative estimate of drug-likeness (QED) is 0.738. The smallest absolute Gasteiger partial charge is 0.262 e. The highest BCUT2D eigenvalue weighted by molar-refractivity contribution is 7.20. The minimum absolute atomic E-state index is 0.0204. The van der Waals surface area contributed by atoms with Crippen LogP contribution in [0.15, 0.2) is 11.1 Å². The van der Waals surface area contributed by atoms with E-state index in [1.54, 1.807) is 6.92 Å². The highest BCUT2D eigenvalue weighted by atomic mass is 32.1. The summed E-state index contributed by atoms with van der Waals surface area (Å²) in [5.74, 6) is 0. The summed E-state index contributed by atoms with van der Waals surface area (Å²) >= 11 is 1.18. The van der Waals surface area contributed by atoms with Crippen LogP contribution in [0.5, 0.6) is 0 Å². The summed E-state index contributed by atoms with van der Waals surface area (Å²) in [5, 5.41) is 0.427. The van der Waals surface area contributed by atoms with Crippen molar-refractivity contribution in [1.82, 2.24) is 9.55 Å². The van der Waals surface area contributed by atoms with E-state index in [1.165, 1.54) is 22.2 Å². The molecule has 0 spiro atoms. The number of aldehydes is 2. The molecule has 0 aromatic carbocycles. The number of aryl methyl sites for hydroxylation is 1. The highest BCUT2D eigenvalue weighted by Crippen LogP contribution is 2.24. The molecular formula is C10H8N2O3S. The Hall–Kier alpha value is -1.82. The second kappa shape index (κ2) is 3.97. The first kappa shape index (κ1) is 10.7. The largest absolute Gasteiger partial charge is 0.301 e. The molecule has 0 aliphatic rings. The topological polar surface area (TPSA) is 69.0 Å². The summed E-state index contributed by atoms with van der Waals surface area (Å²) in [7, 11) is 0. The van der Waals surface area contributed by atoms with E-state index in [9.17, 15) is 14.4 Å². The number of nitrogens with zero attached hydrogens (tertiary/aromatic N) is 2. The summed E-state index contributed by atoms with van der Waals surface area (Å²) in [6, 6.07) is 0. The van der Waals surface area contributed by atoms with E-state index in [2.05, 4.69) is 4.98 Å². The lowest BCUT2D eigenvalue weighted by atomic mass is 10.2. The summed E-state index contributed by atoms with van der Waals surface area (Å²) in [5.41, 5.74) is 0.353. The van der Waals surface area contributed by atoms with Gasteiger partial charge in [0.15, 0.2) is 6.29 Å². The van der Waals surface area contributed by atoms with Crippen molar-refractivity contribution in [2.45, 2.75) is 13.5 Å². The van der Waals surface area contributed by atoms with Gasteiger partial charge in [-0.25, -0.2) is 4.98 Å². The van der Waals surface area contributed by atoms with Gasteiger partial charge in [0.05, 0.1) is 23.1 Å². The number of carbonyl (C=O) groups is 2. The number of thiophene rings is 1. The number of fused-ring (bicyclic) bond motifs is 1. The fraction of sp³-hybridized carbons (Fsp3) is 0.200. The predicted octanol–water partition coefficient (Wildman–Crippen LogP) is 0.778. The van der Waals surface area contributed by atoms with Gasteiger partial charge in [0, 0.05) is 0 Å². The zero-order valence-corrected chi connectivity index (χ0v) is 9.28. The van der Waals surface area contributed by atoms with Gasteiger partial charge in [-0.2, -0.15) is 0 Å². The molecule has 0 unspecified atom stereocenters. The van der Waals surface area contributed by atoms with E-state index in [4.69, 9.17) is 0 Å². The number of rotatable bonds is 3. The van der Waals surface area contributed by atoms with Crippen LogP contribution in [0, 0.1) is 6.92 Å². The van der Waals surface area contributed by atoms with Gasteiger partial charge in [-0.1, -0.05) is 0 Å². The van der Waals surface area contributed by atoms with Crippen LogP contribution >= 0.6 is 11.3 Å². The number of hydrogen-bond acceptors (Lipinski definition) is 5. The lowest BCUT2D eigenvalue weighted by Gasteiger charge is -1.99. The summed E-state index contributed by atoms with van der Waals surface area (Å²) in [6.45, 7) is 1.68. The van der Waals surface area contributed by atoms with Gasteiger partial charge in [-0.05, 0) is 12.5 Å². The molecule has 0 aliphatic heterocycles. The molecule has 2 heterocycles. The first-order valence-corrected chi connectivity index (χ1v) is 5.38. The molecule has 82 valence electrons. The second-order valence-corrected chi connectivity index (χ2v) is 4.29. The Bertz CT molecular complexity index is 627. The first-order valence-electron chi connectivity index (χ1n) is 4.56. The molecular weight excluding hydrogens is 228 g/mol. The maximum Gasteiger partial charge on any atom is 0.262 e. The summed E-state index contributed by atoms with van der Waals surface area (Å²) < 4.78 is 1.23. The third-order valence-electron chi connectivity index (χ3n) is 2.33. The van der Waals surface area contributed by atoms with Crippen LogP contribution in [-0.4, -0.2) is 22.1 Å². The molecule has 0 amide bonds. The minimum atomic E-state index is -0.279. The summed E-state index contributed by atoms with van der Waals surface area (Å²) in [6.07, 6.45) is 2.67. The van der Waals surface area contributed by atoms with Crippen molar-refractivity contribution in [1.29, 1.82) is 0 Å². The average molecular weight is 236 g/mol. The monoisotopic (exact) mass is 236 g/mol. The van der Waals surface area contributed by atoms with Crippen molar-refractivity contribution >= 4 is 34.1 Å². The van der Waals surface area contributed by atoms with Gasteiger partial charge in [-0.3, -0.25) is 14.2 Å². The van der Waals surface area contributed by atoms with Crippen LogP contribution in [0.2, 0.25) is 0 Å². The molecule has 0 atom stereocenters. The summed E-state index contributed by atoms with van der Waals surface area (Å²) in [4.78, 5) is 38.1. The van der Waals surface area contributed by atoms with E-state index in [-0.39, 0.29) is 12.1 Å². The minimum Gasteiger partial charge on any atom is -0.301 e. The van der Waals surface area contributed by atoms with E-state index in [1.807, 2.05) is 0 Å². The molecule has 0 fully saturated rings. The van der Waals surface area contributed by atoms with Crippen molar-refractivity contribution in [3.05, 3.63) is 27.1 Å². The molecule has 5 nitrogen and oxygen atoms in total. The lowest BCUT2D eigenvalue weighted by Crippen LogP contribution is -2.21. The molecule has 0 saturated carbocycles. The van der Waals surface area contributed by atoms with Crippen LogP contribution < -0.4 is 5.56 Å². The number of hydrogen-bond donors (Lipinski definition) is 0. The zero-order valence-electron chi connectivity index (χ0n) is 8.47. The van der Waals surface area contributed by atoms with Gasteiger partial charge in [0.2, 0.25) is 0 Å². The molecule has 0 saturated heterocycles. The first-order chi connectivity index (χ1) is 7.69. The second-order valence-electron chi connectivity index (χ2n) is 3.26. The fourth-order valence-electron chi connectivity index (χ4n) is 1.50. The molecule has 0 aliphatic carbocycles. The molecule has 0 radical (unpaired) electrons. The predicted molar refractivity (Wildman–Crippen MR) is 60.1 cm³/mol. The van der Waals surface area contributed by atoms with Crippen LogP contribution in [0.1, 0.15) is 15.2 Å². The Balaban J connectivity index is 2.82. The maximum atomic E-state index is 11.9. The van der Waals surface area contributed by atoms with Crippen LogP contribution in [0.25, 0.3) is 10.2 Å². The Morgan fingerprint density at radius 3 is 2.88 bits per heavy atom. The van der Waals surface area contributed by atoms with Crippen molar-refractivity contribution in [3.63, 3.8) is 0 Å². The van der Waals surface area contributed by atoms with Gasteiger partial charge in [0.25, 0.3) is 5.56 Å². The molecule has 16 heavy (non-hydrogen) atoms. The maximum absolute atomic E-state index is 11.9. The van der Waals surface area contributed by atoms with Crippen molar-refractivity contribution in [2.24, 2.45) is 0 Å². The lowest BCUT2D eigenvalue weighted by molar-refractivity contribution is -0.108. The standard InChI is InChI=1S/C10H8N2O3S/c1-6-7(4-14)16-9-8(6)10(15)12(2-3-13)5-11-9/h3-5H,2H2,1H3. The van der Waals surface area contributed by atoms with Gasteiger partial charge < -0.3 is 4.79 Å². The van der Waals surface area contributed by atoms with Crippen LogP contribution in [-0.2, 0) is 11.3 Å². The Kier molecular flexibility index (Phi) is 2.66. The molecule has 0 N–H and O–H groups in total. The Morgan fingerprint density at radius 2 is 2.25 bits per heavy atom. The van der Waals surface area contributed by atoms with Crippen molar-refractivity contribution < 1.29 is 9.59 Å². The molecule has 2 aromatic heterocycles. The van der Waals surface area contributed by atoms with Gasteiger partial charge in [0.1, 0.15) is 11.1 Å². The fourth-order valence-corrected chi connectivity index (χ4v) is 2.45. The van der Waals surface area contributed by atoms with Crippen LogP contribution in [0.4, 0.5) is 0 Å². The average Bonchev–Trinajstić information content (AvgIpc) is 2.60. The van der Waals surface area contributed by atoms with Crippen molar-refractivity contribution in [3.8, 4) is 0 Å². The Morgan fingerprint density at radius 1 is 1.50 bits per heavy atom. The molecule has 2 aromatic rings. The zero-order chi connectivity index (χ0) is 11.7. The number of aromatic nitrogens is 2. The SMILES string of the molecule is Cc1c(C=O)sc2ncn(CC=O)c(=O)c12. The molecule has 6 heteroatoms. The van der Waals surface area contributed by atoms with Gasteiger partial charge in [-0.15, -0.1) is 11.3 Å². The van der Waals surface area contributed by atoms with Crippen LogP contribution in [0.3, 0.4) is 0 Å². The van der Waals surface area contributed by atoms with E-state index in [0.29, 0.717) is 33.2 Å². The van der Waals surface area contributed by atoms with Crippen molar-refractivity contribution in [2.75, 3.05) is 0 Å². The molecule has 0 bridgehead atoms. The third-order valence-corrected chi connectivity index (χ3v) is 3.46. The molecule has 2 rings (SSSR count). The van der Waals surface area contributed by atoms with E-state index < -0.39 is 0 Å². The Labute approximate surface area is 94.3 Å².